The maximum atomic E-state index is 12.0. The van der Waals surface area contributed by atoms with Crippen molar-refractivity contribution in [2.24, 2.45) is 0 Å². The molecule has 0 unspecified atom stereocenters. The predicted octanol–water partition coefficient (Wildman–Crippen LogP) is 1.92. The highest BCUT2D eigenvalue weighted by atomic mass is 16.4. The third-order valence-corrected chi connectivity index (χ3v) is 3.25. The smallest absolute Gasteiger partial charge is 0.293 e. The number of amides is 1. The van der Waals surface area contributed by atoms with Gasteiger partial charge in [-0.15, -0.1) is 0 Å². The van der Waals surface area contributed by atoms with Gasteiger partial charge in [-0.3, -0.25) is 15.0 Å². The molecular weight excluding hydrogens is 256 g/mol. The van der Waals surface area contributed by atoms with Gasteiger partial charge in [-0.25, -0.2) is 9.97 Å². The molecule has 1 saturated heterocycles. The van der Waals surface area contributed by atoms with Crippen molar-refractivity contribution < 1.29 is 9.21 Å². The topological polar surface area (TPSA) is 71.3 Å². The Hall–Kier alpha value is -2.21. The van der Waals surface area contributed by atoms with E-state index in [9.17, 15) is 4.79 Å². The van der Waals surface area contributed by atoms with Crippen molar-refractivity contribution in [3.63, 3.8) is 0 Å². The summed E-state index contributed by atoms with van der Waals surface area (Å²) in [5.74, 6) is 1.04. The van der Waals surface area contributed by atoms with Gasteiger partial charge in [-0.1, -0.05) is 0 Å². The summed E-state index contributed by atoms with van der Waals surface area (Å²) in [6.45, 7) is 2.95. The van der Waals surface area contributed by atoms with Gasteiger partial charge in [0.1, 0.15) is 5.76 Å². The van der Waals surface area contributed by atoms with Crippen molar-refractivity contribution in [3.05, 3.63) is 42.1 Å². The van der Waals surface area contributed by atoms with E-state index in [4.69, 9.17) is 4.42 Å². The molecule has 1 aliphatic rings. The van der Waals surface area contributed by atoms with E-state index in [2.05, 4.69) is 20.2 Å². The molecule has 0 radical (unpaired) electrons. The van der Waals surface area contributed by atoms with Crippen LogP contribution in [-0.2, 0) is 6.54 Å². The summed E-state index contributed by atoms with van der Waals surface area (Å²) in [4.78, 5) is 22.2. The van der Waals surface area contributed by atoms with Crippen molar-refractivity contribution in [2.75, 3.05) is 18.4 Å². The molecule has 2 aromatic heterocycles. The van der Waals surface area contributed by atoms with E-state index < -0.39 is 0 Å². The Labute approximate surface area is 116 Å². The van der Waals surface area contributed by atoms with Crippen LogP contribution >= 0.6 is 0 Å². The average molecular weight is 272 g/mol. The molecular formula is C14H16N4O2. The summed E-state index contributed by atoms with van der Waals surface area (Å²) in [5, 5.41) is 2.60. The molecule has 1 fully saturated rings. The lowest BCUT2D eigenvalue weighted by molar-refractivity contribution is 0.0992. The van der Waals surface area contributed by atoms with Crippen LogP contribution in [0.4, 0.5) is 5.95 Å². The Morgan fingerprint density at radius 1 is 1.25 bits per heavy atom. The number of carbonyl (C=O) groups is 1. The Morgan fingerprint density at radius 2 is 2.00 bits per heavy atom. The Morgan fingerprint density at radius 3 is 2.75 bits per heavy atom. The van der Waals surface area contributed by atoms with E-state index in [1.807, 2.05) is 6.07 Å². The number of nitrogens with one attached hydrogen (secondary N) is 1. The van der Waals surface area contributed by atoms with Crippen LogP contribution in [0, 0.1) is 0 Å². The molecule has 0 aliphatic carbocycles. The van der Waals surface area contributed by atoms with Gasteiger partial charge in [-0.2, -0.15) is 0 Å². The number of hydrogen-bond donors (Lipinski definition) is 1. The summed E-state index contributed by atoms with van der Waals surface area (Å²) in [6.07, 6.45) is 5.62. The predicted molar refractivity (Wildman–Crippen MR) is 73.2 cm³/mol. The van der Waals surface area contributed by atoms with E-state index in [0.29, 0.717) is 0 Å². The lowest BCUT2D eigenvalue weighted by Crippen LogP contribution is -2.18. The summed E-state index contributed by atoms with van der Waals surface area (Å²) < 4.78 is 5.57. The lowest BCUT2D eigenvalue weighted by atomic mass is 10.4. The number of nitrogens with zero attached hydrogens (tertiary/aromatic N) is 3. The first-order valence-corrected chi connectivity index (χ1v) is 6.71. The van der Waals surface area contributed by atoms with Gasteiger partial charge < -0.3 is 4.42 Å². The molecule has 6 nitrogen and oxygen atoms in total. The van der Waals surface area contributed by atoms with Crippen LogP contribution in [0.15, 0.2) is 35.0 Å². The number of furan rings is 1. The van der Waals surface area contributed by atoms with Gasteiger partial charge >= 0.3 is 0 Å². The van der Waals surface area contributed by atoms with E-state index in [1.165, 1.54) is 12.8 Å². The molecule has 20 heavy (non-hydrogen) atoms. The lowest BCUT2D eigenvalue weighted by Gasteiger charge is -2.11. The first kappa shape index (κ1) is 12.8. The van der Waals surface area contributed by atoms with E-state index in [0.717, 1.165) is 25.4 Å². The van der Waals surface area contributed by atoms with Crippen molar-refractivity contribution in [3.8, 4) is 0 Å². The third kappa shape index (κ3) is 3.03. The third-order valence-electron chi connectivity index (χ3n) is 3.25. The number of hydrogen-bond acceptors (Lipinski definition) is 5. The fourth-order valence-corrected chi connectivity index (χ4v) is 2.27. The van der Waals surface area contributed by atoms with Crippen LogP contribution in [0.3, 0.4) is 0 Å². The molecule has 6 heteroatoms. The number of anilines is 1. The molecule has 0 atom stereocenters. The van der Waals surface area contributed by atoms with E-state index in [1.54, 1.807) is 24.5 Å². The van der Waals surface area contributed by atoms with Gasteiger partial charge in [0.25, 0.3) is 5.91 Å². The minimum atomic E-state index is -0.330. The second-order valence-corrected chi connectivity index (χ2v) is 4.78. The largest absolute Gasteiger partial charge is 0.455 e. The highest BCUT2D eigenvalue weighted by Gasteiger charge is 2.16. The molecule has 0 saturated carbocycles. The molecule has 1 amide bonds. The van der Waals surface area contributed by atoms with E-state index >= 15 is 0 Å². The van der Waals surface area contributed by atoms with Crippen molar-refractivity contribution in [1.29, 1.82) is 0 Å². The van der Waals surface area contributed by atoms with Crippen LogP contribution in [-0.4, -0.2) is 33.9 Å². The normalized spacial score (nSPS) is 15.4. The quantitative estimate of drug-likeness (QED) is 0.920. The van der Waals surface area contributed by atoms with Gasteiger partial charge in [0, 0.05) is 12.4 Å². The van der Waals surface area contributed by atoms with Gasteiger partial charge in [0.05, 0.1) is 6.54 Å². The van der Waals surface area contributed by atoms with Crippen molar-refractivity contribution in [1.82, 2.24) is 14.9 Å². The van der Waals surface area contributed by atoms with Crippen LogP contribution in [0.25, 0.3) is 0 Å². The first-order valence-electron chi connectivity index (χ1n) is 6.71. The number of rotatable bonds is 4. The molecule has 3 heterocycles. The summed E-state index contributed by atoms with van der Waals surface area (Å²) >= 11 is 0. The minimum Gasteiger partial charge on any atom is -0.455 e. The SMILES string of the molecule is O=C(Nc1ncccn1)c1ccc(CN2CCCC2)o1. The van der Waals surface area contributed by atoms with Crippen LogP contribution in [0.2, 0.25) is 0 Å². The molecule has 0 aromatic carbocycles. The second kappa shape index (κ2) is 5.83. The zero-order valence-corrected chi connectivity index (χ0v) is 11.1. The molecule has 104 valence electrons. The van der Waals surface area contributed by atoms with Crippen LogP contribution in [0.5, 0.6) is 0 Å². The summed E-state index contributed by atoms with van der Waals surface area (Å²) in [6, 6.07) is 5.22. The maximum absolute atomic E-state index is 12.0. The standard InChI is InChI=1S/C14H16N4O2/c19-13(17-14-15-6-3-7-16-14)12-5-4-11(20-12)10-18-8-1-2-9-18/h3-7H,1-2,8-10H2,(H,15,16,17,19). The zero-order valence-electron chi connectivity index (χ0n) is 11.1. The zero-order chi connectivity index (χ0) is 13.8. The Bertz CT molecular complexity index is 576. The fraction of sp³-hybridized carbons (Fsp3) is 0.357. The fourth-order valence-electron chi connectivity index (χ4n) is 2.27. The van der Waals surface area contributed by atoms with E-state index in [-0.39, 0.29) is 17.6 Å². The number of aromatic nitrogens is 2. The molecule has 2 aromatic rings. The van der Waals surface area contributed by atoms with Gasteiger partial charge in [0.2, 0.25) is 5.95 Å². The van der Waals surface area contributed by atoms with Gasteiger partial charge in [0.15, 0.2) is 5.76 Å². The maximum Gasteiger partial charge on any atom is 0.293 e. The highest BCUT2D eigenvalue weighted by Crippen LogP contribution is 2.15. The number of likely N-dealkylation sites (tertiary alicyclic amines) is 1. The first-order chi connectivity index (χ1) is 9.81. The average Bonchev–Trinajstić information content (AvgIpc) is 3.12. The minimum absolute atomic E-state index is 0.273. The molecule has 3 rings (SSSR count). The van der Waals surface area contributed by atoms with Crippen LogP contribution in [0.1, 0.15) is 29.2 Å². The van der Waals surface area contributed by atoms with Crippen molar-refractivity contribution in [2.45, 2.75) is 19.4 Å². The van der Waals surface area contributed by atoms with Gasteiger partial charge in [-0.05, 0) is 44.1 Å². The summed E-state index contributed by atoms with van der Waals surface area (Å²) in [7, 11) is 0. The Kier molecular flexibility index (Phi) is 3.73. The molecule has 0 spiro atoms. The van der Waals surface area contributed by atoms with Crippen LogP contribution < -0.4 is 5.32 Å². The highest BCUT2D eigenvalue weighted by molar-refractivity contribution is 6.01. The van der Waals surface area contributed by atoms with Crippen molar-refractivity contribution >= 4 is 11.9 Å². The second-order valence-electron chi connectivity index (χ2n) is 4.78. The molecule has 0 bridgehead atoms. The summed E-state index contributed by atoms with van der Waals surface area (Å²) in [5.41, 5.74) is 0. The molecule has 1 aliphatic heterocycles. The number of carbonyl (C=O) groups excluding carboxylic acids is 1. The monoisotopic (exact) mass is 272 g/mol. The Balaban J connectivity index is 1.62. The molecule has 1 N–H and O–H groups in total.